The number of nitrogens with one attached hydrogen (secondary N) is 1. The van der Waals surface area contributed by atoms with Gasteiger partial charge in [0, 0.05) is 51.0 Å². The zero-order valence-corrected chi connectivity index (χ0v) is 20.7. The Morgan fingerprint density at radius 1 is 1.06 bits per heavy atom. The fourth-order valence-electron chi connectivity index (χ4n) is 3.58. The third-order valence-corrected chi connectivity index (χ3v) is 7.21. The van der Waals surface area contributed by atoms with Crippen LogP contribution in [0.25, 0.3) is 33.3 Å². The molecule has 0 aromatic carbocycles. The van der Waals surface area contributed by atoms with E-state index in [0.29, 0.717) is 30.5 Å². The molecule has 0 unspecified atom stereocenters. The Morgan fingerprint density at radius 2 is 1.85 bits per heavy atom. The van der Waals surface area contributed by atoms with Crippen molar-refractivity contribution >= 4 is 35.9 Å². The van der Waals surface area contributed by atoms with Crippen molar-refractivity contribution in [3.05, 3.63) is 48.3 Å². The minimum absolute atomic E-state index is 0.172. The van der Waals surface area contributed by atoms with Crippen LogP contribution >= 0.6 is 0 Å². The summed E-state index contributed by atoms with van der Waals surface area (Å²) in [4.78, 5) is 25.6. The average molecular weight is 464 g/mol. The zero-order valence-electron chi connectivity index (χ0n) is 19.7. The molecular weight excluding hydrogens is 434 g/mol. The largest absolute Gasteiger partial charge is 0.481 e. The molecule has 0 fully saturated rings. The normalized spacial score (nSPS) is 11.8. The summed E-state index contributed by atoms with van der Waals surface area (Å²) in [5.41, 5.74) is 3.67. The lowest BCUT2D eigenvalue weighted by atomic mass is 10.1. The van der Waals surface area contributed by atoms with Gasteiger partial charge in [0.15, 0.2) is 0 Å². The van der Waals surface area contributed by atoms with Gasteiger partial charge in [0.25, 0.3) is 5.91 Å². The first-order chi connectivity index (χ1) is 15.8. The highest BCUT2D eigenvalue weighted by molar-refractivity contribution is 6.76. The van der Waals surface area contributed by atoms with Crippen LogP contribution in [-0.4, -0.2) is 54.3 Å². The molecule has 4 rings (SSSR count). The highest BCUT2D eigenvalue weighted by atomic mass is 28.3. The van der Waals surface area contributed by atoms with Gasteiger partial charge in [-0.05, 0) is 30.3 Å². The minimum atomic E-state index is -1.19. The van der Waals surface area contributed by atoms with Crippen LogP contribution < -0.4 is 10.1 Å². The Bertz CT molecular complexity index is 1300. The van der Waals surface area contributed by atoms with Crippen molar-refractivity contribution in [2.75, 3.05) is 20.8 Å². The second-order valence-electron chi connectivity index (χ2n) is 9.10. The molecule has 8 nitrogen and oxygen atoms in total. The standard InChI is InChI=1S/C24H29N5O3Si/c1-25-24(30)16-6-8-19(26-13-16)20-9-7-17-18-14-27-22(31-2)12-21(18)29(23(17)28-20)15-32-10-11-33(3,4)5/h6-9,12-14H,10-11,15H2,1-5H3,(H,25,30). The first-order valence-corrected chi connectivity index (χ1v) is 14.6. The predicted molar refractivity (Wildman–Crippen MR) is 132 cm³/mol. The summed E-state index contributed by atoms with van der Waals surface area (Å²) in [5, 5.41) is 4.58. The van der Waals surface area contributed by atoms with E-state index in [4.69, 9.17) is 14.5 Å². The predicted octanol–water partition coefficient (Wildman–Crippen LogP) is 4.33. The monoisotopic (exact) mass is 463 g/mol. The second kappa shape index (κ2) is 9.28. The highest BCUT2D eigenvalue weighted by Gasteiger charge is 2.17. The molecule has 172 valence electrons. The lowest BCUT2D eigenvalue weighted by Gasteiger charge is -2.16. The molecule has 0 atom stereocenters. The molecule has 1 amide bonds. The number of carbonyl (C=O) groups is 1. The van der Waals surface area contributed by atoms with E-state index in [0.717, 1.165) is 33.7 Å². The smallest absolute Gasteiger partial charge is 0.252 e. The van der Waals surface area contributed by atoms with Crippen molar-refractivity contribution < 1.29 is 14.3 Å². The van der Waals surface area contributed by atoms with Crippen LogP contribution in [-0.2, 0) is 11.5 Å². The molecule has 33 heavy (non-hydrogen) atoms. The first-order valence-electron chi connectivity index (χ1n) is 10.9. The van der Waals surface area contributed by atoms with Gasteiger partial charge in [0.05, 0.1) is 29.6 Å². The minimum Gasteiger partial charge on any atom is -0.481 e. The Morgan fingerprint density at radius 3 is 2.52 bits per heavy atom. The molecular formula is C24H29N5O3Si. The molecule has 0 saturated carbocycles. The lowest BCUT2D eigenvalue weighted by molar-refractivity contribution is 0.0925. The average Bonchev–Trinajstić information content (AvgIpc) is 3.12. The number of aromatic nitrogens is 4. The van der Waals surface area contributed by atoms with E-state index in [9.17, 15) is 4.79 Å². The number of rotatable bonds is 8. The summed E-state index contributed by atoms with van der Waals surface area (Å²) < 4.78 is 13.5. The summed E-state index contributed by atoms with van der Waals surface area (Å²) in [5.74, 6) is 0.370. The molecule has 9 heteroatoms. The van der Waals surface area contributed by atoms with Crippen LogP contribution in [0.4, 0.5) is 0 Å². The number of amides is 1. The third kappa shape index (κ3) is 4.89. The Labute approximate surface area is 194 Å². The summed E-state index contributed by atoms with van der Waals surface area (Å²) in [7, 11) is 2.02. The van der Waals surface area contributed by atoms with Crippen molar-refractivity contribution in [3.8, 4) is 17.3 Å². The van der Waals surface area contributed by atoms with Gasteiger partial charge in [-0.1, -0.05) is 19.6 Å². The second-order valence-corrected chi connectivity index (χ2v) is 14.7. The molecule has 4 aromatic heterocycles. The molecule has 0 aliphatic rings. The highest BCUT2D eigenvalue weighted by Crippen LogP contribution is 2.31. The Balaban J connectivity index is 1.75. The van der Waals surface area contributed by atoms with Crippen LogP contribution in [0.5, 0.6) is 5.88 Å². The number of hydrogen-bond donors (Lipinski definition) is 1. The topological polar surface area (TPSA) is 91.2 Å². The van der Waals surface area contributed by atoms with Gasteiger partial charge in [-0.15, -0.1) is 0 Å². The summed E-state index contributed by atoms with van der Waals surface area (Å²) >= 11 is 0. The van der Waals surface area contributed by atoms with Crippen LogP contribution in [0, 0.1) is 0 Å². The maximum atomic E-state index is 11.8. The number of ether oxygens (including phenoxy) is 2. The van der Waals surface area contributed by atoms with Gasteiger partial charge in [-0.2, -0.15) is 0 Å². The van der Waals surface area contributed by atoms with Crippen molar-refractivity contribution in [2.45, 2.75) is 32.4 Å². The first kappa shape index (κ1) is 22.9. The maximum Gasteiger partial charge on any atom is 0.252 e. The molecule has 4 aromatic rings. The molecule has 0 aliphatic heterocycles. The summed E-state index contributed by atoms with van der Waals surface area (Å²) in [6, 6.07) is 10.5. The van der Waals surface area contributed by atoms with Crippen molar-refractivity contribution in [3.63, 3.8) is 0 Å². The molecule has 4 heterocycles. The van der Waals surface area contributed by atoms with Crippen molar-refractivity contribution in [1.82, 2.24) is 24.8 Å². The van der Waals surface area contributed by atoms with Gasteiger partial charge in [0.2, 0.25) is 5.88 Å². The van der Waals surface area contributed by atoms with E-state index < -0.39 is 8.07 Å². The summed E-state index contributed by atoms with van der Waals surface area (Å²) in [6.45, 7) is 8.11. The number of methoxy groups -OCH3 is 1. The van der Waals surface area contributed by atoms with E-state index >= 15 is 0 Å². The van der Waals surface area contributed by atoms with Crippen molar-refractivity contribution in [2.24, 2.45) is 0 Å². The van der Waals surface area contributed by atoms with E-state index in [2.05, 4.69) is 39.5 Å². The molecule has 0 spiro atoms. The zero-order chi connectivity index (χ0) is 23.6. The van der Waals surface area contributed by atoms with E-state index in [1.54, 1.807) is 32.5 Å². The quantitative estimate of drug-likeness (QED) is 0.309. The lowest BCUT2D eigenvalue weighted by Crippen LogP contribution is -2.22. The Hall–Kier alpha value is -3.30. The van der Waals surface area contributed by atoms with E-state index in [1.165, 1.54) is 0 Å². The molecule has 0 saturated heterocycles. The molecule has 0 aliphatic carbocycles. The SMILES string of the molecule is CNC(=O)c1ccc(-c2ccc3c4cnc(OC)cc4n(COCC[Si](C)(C)C)c3n2)nc1. The van der Waals surface area contributed by atoms with Crippen molar-refractivity contribution in [1.29, 1.82) is 0 Å². The number of fused-ring (bicyclic) bond motifs is 3. The van der Waals surface area contributed by atoms with Gasteiger partial charge in [-0.3, -0.25) is 9.78 Å². The maximum absolute atomic E-state index is 11.8. The van der Waals surface area contributed by atoms with Gasteiger partial charge in [-0.25, -0.2) is 9.97 Å². The van der Waals surface area contributed by atoms with E-state index in [1.807, 2.05) is 24.4 Å². The third-order valence-electron chi connectivity index (χ3n) is 5.51. The number of nitrogens with zero attached hydrogens (tertiary/aromatic N) is 4. The van der Waals surface area contributed by atoms with Crippen LogP contribution in [0.2, 0.25) is 25.7 Å². The number of pyridine rings is 3. The fraction of sp³-hybridized carbons (Fsp3) is 0.333. The van der Waals surface area contributed by atoms with Gasteiger partial charge < -0.3 is 19.4 Å². The molecule has 1 N–H and O–H groups in total. The van der Waals surface area contributed by atoms with Crippen LogP contribution in [0.3, 0.4) is 0 Å². The van der Waals surface area contributed by atoms with Gasteiger partial charge in [0.1, 0.15) is 12.4 Å². The molecule has 0 radical (unpaired) electrons. The van der Waals surface area contributed by atoms with Gasteiger partial charge >= 0.3 is 0 Å². The summed E-state index contributed by atoms with van der Waals surface area (Å²) in [6.07, 6.45) is 3.37. The van der Waals surface area contributed by atoms with Crippen LogP contribution in [0.15, 0.2) is 42.7 Å². The fourth-order valence-corrected chi connectivity index (χ4v) is 4.34. The van der Waals surface area contributed by atoms with Crippen LogP contribution in [0.1, 0.15) is 10.4 Å². The molecule has 0 bridgehead atoms. The number of hydrogen-bond acceptors (Lipinski definition) is 6. The van der Waals surface area contributed by atoms with E-state index in [-0.39, 0.29) is 5.91 Å². The number of carbonyl (C=O) groups excluding carboxylic acids is 1. The Kier molecular flexibility index (Phi) is 6.43.